The van der Waals surface area contributed by atoms with Crippen LogP contribution in [0.4, 0.5) is 8.78 Å². The summed E-state index contributed by atoms with van der Waals surface area (Å²) in [5, 5.41) is 18.9. The molecule has 0 spiro atoms. The van der Waals surface area contributed by atoms with Crippen molar-refractivity contribution in [3.8, 4) is 0 Å². The number of hydrogen-bond acceptors (Lipinski definition) is 3. The predicted octanol–water partition coefficient (Wildman–Crippen LogP) is 4.32. The van der Waals surface area contributed by atoms with Crippen LogP contribution in [0.1, 0.15) is 65.7 Å². The molecule has 1 heterocycles. The molecule has 7 heteroatoms. The van der Waals surface area contributed by atoms with E-state index in [9.17, 15) is 18.7 Å². The van der Waals surface area contributed by atoms with Crippen LogP contribution in [0, 0.1) is 17.8 Å². The van der Waals surface area contributed by atoms with Crippen molar-refractivity contribution in [2.75, 3.05) is 0 Å². The van der Waals surface area contributed by atoms with E-state index in [-0.39, 0.29) is 59.8 Å². The van der Waals surface area contributed by atoms with Gasteiger partial charge in [0.2, 0.25) is 0 Å². The molecule has 0 aromatic heterocycles. The van der Waals surface area contributed by atoms with Crippen LogP contribution in [0.15, 0.2) is 24.0 Å². The zero-order valence-electron chi connectivity index (χ0n) is 17.1. The third kappa shape index (κ3) is 7.05. The van der Waals surface area contributed by atoms with Crippen molar-refractivity contribution in [2.45, 2.75) is 89.8 Å². The van der Waals surface area contributed by atoms with Crippen molar-refractivity contribution >= 4 is 35.5 Å². The first kappa shape index (κ1) is 26.6. The van der Waals surface area contributed by atoms with E-state index in [4.69, 9.17) is 9.84 Å². The first-order chi connectivity index (χ1) is 13.2. The molecule has 0 radical (unpaired) electrons. The molecule has 2 unspecified atom stereocenters. The average molecular weight is 425 g/mol. The summed E-state index contributed by atoms with van der Waals surface area (Å²) in [6.45, 7) is 5.41. The van der Waals surface area contributed by atoms with Crippen molar-refractivity contribution < 1.29 is 28.5 Å². The first-order valence-electron chi connectivity index (χ1n) is 10.4. The Balaban J connectivity index is 0.00000420. The van der Waals surface area contributed by atoms with Gasteiger partial charge in [-0.15, -0.1) is 0 Å². The van der Waals surface area contributed by atoms with Crippen LogP contribution in [-0.4, -0.2) is 69.8 Å². The fourth-order valence-electron chi connectivity index (χ4n) is 4.33. The van der Waals surface area contributed by atoms with Gasteiger partial charge in [-0.3, -0.25) is 4.79 Å². The summed E-state index contributed by atoms with van der Waals surface area (Å²) < 4.78 is 35.4. The minimum atomic E-state index is -1.69. The van der Waals surface area contributed by atoms with Gasteiger partial charge in [-0.05, 0) is 50.5 Å². The molecule has 4 nitrogen and oxygen atoms in total. The number of aliphatic hydroxyl groups is 1. The number of alkyl halides is 2. The quantitative estimate of drug-likeness (QED) is 0.311. The van der Waals surface area contributed by atoms with E-state index in [0.29, 0.717) is 37.9 Å². The number of rotatable bonds is 10. The molecule has 1 aliphatic heterocycles. The molecule has 2 fully saturated rings. The van der Waals surface area contributed by atoms with Crippen molar-refractivity contribution in [3.05, 3.63) is 24.0 Å². The Bertz CT molecular complexity index is 593. The minimum absolute atomic E-state index is 0. The monoisotopic (exact) mass is 424 g/mol. The van der Waals surface area contributed by atoms with Crippen LogP contribution in [0.5, 0.6) is 0 Å². The third-order valence-electron chi connectivity index (χ3n) is 6.12. The number of ether oxygens (including phenoxy) is 1. The van der Waals surface area contributed by atoms with Crippen LogP contribution in [0.25, 0.3) is 0 Å². The summed E-state index contributed by atoms with van der Waals surface area (Å²) in [6, 6.07) is 0. The average Bonchev–Trinajstić information content (AvgIpc) is 3.09. The zero-order chi connectivity index (χ0) is 20.9. The normalized spacial score (nSPS) is 33.2. The van der Waals surface area contributed by atoms with Crippen LogP contribution in [0.3, 0.4) is 0 Å². The Labute approximate surface area is 195 Å². The number of halogens is 2. The molecule has 7 atom stereocenters. The van der Waals surface area contributed by atoms with Gasteiger partial charge in [-0.1, -0.05) is 38.8 Å². The van der Waals surface area contributed by atoms with Crippen LogP contribution >= 0.6 is 0 Å². The molecular weight excluding hydrogens is 389 g/mol. The summed E-state index contributed by atoms with van der Waals surface area (Å²) in [7, 11) is 0. The molecule has 1 saturated heterocycles. The Morgan fingerprint density at radius 1 is 1.41 bits per heavy atom. The molecule has 2 aliphatic rings. The Morgan fingerprint density at radius 2 is 2.10 bits per heavy atom. The molecule has 0 bridgehead atoms. The van der Waals surface area contributed by atoms with Gasteiger partial charge in [0, 0.05) is 12.3 Å². The first-order valence-corrected chi connectivity index (χ1v) is 10.4. The Hall–Kier alpha value is -0.430. The number of carboxylic acids is 1. The second-order valence-electron chi connectivity index (χ2n) is 8.53. The molecule has 0 aromatic carbocycles. The molecule has 2 N–H and O–H groups in total. The third-order valence-corrected chi connectivity index (χ3v) is 6.12. The maximum atomic E-state index is 15.0. The molecule has 2 rings (SSSR count). The number of aliphatic carboxylic acids is 1. The fourth-order valence-corrected chi connectivity index (χ4v) is 4.33. The number of carbonyl (C=O) groups is 1. The van der Waals surface area contributed by atoms with Gasteiger partial charge in [0.05, 0.1) is 0 Å². The Kier molecular flexibility index (Phi) is 10.8. The second-order valence-corrected chi connectivity index (χ2v) is 8.53. The molecule has 162 valence electrons. The van der Waals surface area contributed by atoms with Crippen LogP contribution in [0.2, 0.25) is 0 Å². The van der Waals surface area contributed by atoms with Crippen molar-refractivity contribution in [1.29, 1.82) is 0 Å². The molecule has 1 aliphatic carbocycles. The van der Waals surface area contributed by atoms with Crippen LogP contribution in [-0.2, 0) is 9.53 Å². The van der Waals surface area contributed by atoms with Gasteiger partial charge >= 0.3 is 35.5 Å². The molecule has 29 heavy (non-hydrogen) atoms. The summed E-state index contributed by atoms with van der Waals surface area (Å²) in [5.41, 5.74) is -1.69. The number of aliphatic hydroxyl groups excluding tert-OH is 1. The summed E-state index contributed by atoms with van der Waals surface area (Å²) in [4.78, 5) is 10.6. The molecule has 1 saturated carbocycles. The summed E-state index contributed by atoms with van der Waals surface area (Å²) in [5.74, 6) is -0.848. The van der Waals surface area contributed by atoms with E-state index in [0.717, 1.165) is 6.42 Å². The molecular formula is C22H35F2NaO4. The van der Waals surface area contributed by atoms with Gasteiger partial charge in [0.1, 0.15) is 23.6 Å². The number of carboxylic acid groups (broad SMARTS) is 1. The predicted molar refractivity (Wildman–Crippen MR) is 111 cm³/mol. The van der Waals surface area contributed by atoms with Gasteiger partial charge in [-0.2, -0.15) is 0 Å². The van der Waals surface area contributed by atoms with E-state index in [1.54, 1.807) is 12.2 Å². The zero-order valence-corrected chi connectivity index (χ0v) is 17.1. The van der Waals surface area contributed by atoms with Gasteiger partial charge in [0.15, 0.2) is 6.17 Å². The second kappa shape index (κ2) is 11.8. The molecule has 0 amide bonds. The number of fused-ring (bicyclic) bond motifs is 1. The van der Waals surface area contributed by atoms with E-state index in [1.807, 2.05) is 13.8 Å². The van der Waals surface area contributed by atoms with E-state index in [1.165, 1.54) is 13.0 Å². The van der Waals surface area contributed by atoms with Gasteiger partial charge in [-0.25, -0.2) is 8.78 Å². The van der Waals surface area contributed by atoms with Gasteiger partial charge < -0.3 is 14.9 Å². The Morgan fingerprint density at radius 3 is 2.72 bits per heavy atom. The summed E-state index contributed by atoms with van der Waals surface area (Å²) in [6.07, 6.45) is 5.78. The van der Waals surface area contributed by atoms with Crippen molar-refractivity contribution in [1.82, 2.24) is 0 Å². The number of allylic oxidation sites excluding steroid dienone is 3. The van der Waals surface area contributed by atoms with Crippen molar-refractivity contribution in [2.24, 2.45) is 17.8 Å². The number of hydrogen-bond donors (Lipinski definition) is 2. The van der Waals surface area contributed by atoms with Crippen molar-refractivity contribution in [3.63, 3.8) is 0 Å². The van der Waals surface area contributed by atoms with Gasteiger partial charge in [0.25, 0.3) is 0 Å². The summed E-state index contributed by atoms with van der Waals surface area (Å²) >= 11 is 0. The fraction of sp³-hybridized carbons (Fsp3) is 0.773. The SMILES string of the molecule is CCCCC(C)(F)[C@H](O)/C=C/[C@@H]1[C@H]2C(F)/C(=C/CCCC(=O)O)O[C@H]2C[C@H]1C.[NaH]. The molecule has 0 aromatic rings. The standard InChI is InChI=1S/C22H34F2O4.Na.H/c1-4-5-12-22(3,24)18(25)11-10-15-14(2)13-17-20(15)21(23)16(28-17)8-6-7-9-19(26)27;;/h8,10-11,14-15,17-18,20-21,25H,4-7,9,12-13H2,1-3H3,(H,26,27);;/b11-10+,16-8-;;/t14-,15+,17+,18-,20-,21?,22?;;/m1../s1. The van der Waals surface area contributed by atoms with E-state index < -0.39 is 23.9 Å². The van der Waals surface area contributed by atoms with E-state index >= 15 is 0 Å². The topological polar surface area (TPSA) is 66.8 Å². The number of unbranched alkanes of at least 4 members (excludes halogenated alkanes) is 2. The van der Waals surface area contributed by atoms with E-state index in [2.05, 4.69) is 0 Å². The van der Waals surface area contributed by atoms with Crippen LogP contribution < -0.4 is 0 Å². The maximum absolute atomic E-state index is 15.0.